The summed E-state index contributed by atoms with van der Waals surface area (Å²) >= 11 is 1.44. The highest BCUT2D eigenvalue weighted by molar-refractivity contribution is 7.99. The van der Waals surface area contributed by atoms with Gasteiger partial charge in [-0.2, -0.15) is 0 Å². The molecule has 0 aliphatic rings. The van der Waals surface area contributed by atoms with Crippen molar-refractivity contribution in [3.63, 3.8) is 0 Å². The van der Waals surface area contributed by atoms with E-state index in [4.69, 9.17) is 4.42 Å². The van der Waals surface area contributed by atoms with Crippen LogP contribution < -0.4 is 0 Å². The van der Waals surface area contributed by atoms with Crippen LogP contribution in [0.5, 0.6) is 0 Å². The first-order chi connectivity index (χ1) is 9.13. The van der Waals surface area contributed by atoms with Crippen molar-refractivity contribution in [1.82, 2.24) is 0 Å². The van der Waals surface area contributed by atoms with Gasteiger partial charge in [0.25, 0.3) is 0 Å². The van der Waals surface area contributed by atoms with Gasteiger partial charge in [0.2, 0.25) is 0 Å². The number of fused-ring (bicyclic) bond motifs is 1. The maximum Gasteiger partial charge on any atom is 0.135 e. The minimum atomic E-state index is -0.297. The van der Waals surface area contributed by atoms with E-state index in [0.29, 0.717) is 5.58 Å². The summed E-state index contributed by atoms with van der Waals surface area (Å²) in [6.45, 7) is 1.84. The molecule has 1 aromatic heterocycles. The van der Waals surface area contributed by atoms with E-state index in [0.717, 1.165) is 20.9 Å². The van der Waals surface area contributed by atoms with Crippen molar-refractivity contribution in [3.8, 4) is 0 Å². The fourth-order valence-electron chi connectivity index (χ4n) is 1.92. The van der Waals surface area contributed by atoms with Crippen LogP contribution in [0, 0.1) is 18.6 Å². The molecule has 0 saturated carbocycles. The number of benzene rings is 2. The van der Waals surface area contributed by atoms with Crippen LogP contribution in [0.4, 0.5) is 8.78 Å². The molecule has 0 fully saturated rings. The van der Waals surface area contributed by atoms with Gasteiger partial charge in [0.1, 0.15) is 23.0 Å². The van der Waals surface area contributed by atoms with E-state index in [1.807, 2.05) is 6.92 Å². The van der Waals surface area contributed by atoms with Crippen molar-refractivity contribution in [1.29, 1.82) is 0 Å². The third-order valence-corrected chi connectivity index (χ3v) is 4.02. The molecule has 0 spiro atoms. The van der Waals surface area contributed by atoms with Crippen molar-refractivity contribution in [2.45, 2.75) is 16.7 Å². The predicted molar refractivity (Wildman–Crippen MR) is 71.4 cm³/mol. The number of hydrogen-bond donors (Lipinski definition) is 0. The highest BCUT2D eigenvalue weighted by Gasteiger charge is 2.13. The van der Waals surface area contributed by atoms with Gasteiger partial charge in [0.05, 0.1) is 4.90 Å². The Morgan fingerprint density at radius 1 is 0.947 bits per heavy atom. The van der Waals surface area contributed by atoms with Gasteiger partial charge in [-0.15, -0.1) is 0 Å². The van der Waals surface area contributed by atoms with Crippen LogP contribution in [0.25, 0.3) is 11.0 Å². The lowest BCUT2D eigenvalue weighted by Gasteiger charge is -2.00. The molecule has 0 atom stereocenters. The quantitative estimate of drug-likeness (QED) is 0.640. The Morgan fingerprint density at radius 2 is 1.63 bits per heavy atom. The number of halogens is 2. The minimum absolute atomic E-state index is 0.274. The average molecular weight is 276 g/mol. The SMILES string of the molecule is Cc1oc2ccc(F)cc2c1Sc1ccc(F)cc1. The van der Waals surface area contributed by atoms with Crippen LogP contribution in [0.3, 0.4) is 0 Å². The fourth-order valence-corrected chi connectivity index (χ4v) is 2.88. The second-order valence-electron chi connectivity index (χ2n) is 4.18. The molecular formula is C15H10F2OS. The number of hydrogen-bond acceptors (Lipinski definition) is 2. The van der Waals surface area contributed by atoms with Gasteiger partial charge in [-0.1, -0.05) is 11.8 Å². The molecular weight excluding hydrogens is 266 g/mol. The summed E-state index contributed by atoms with van der Waals surface area (Å²) in [6.07, 6.45) is 0. The molecule has 2 aromatic carbocycles. The fraction of sp³-hybridized carbons (Fsp3) is 0.0667. The lowest BCUT2D eigenvalue weighted by atomic mass is 10.2. The Bertz CT molecular complexity index is 732. The first-order valence-corrected chi connectivity index (χ1v) is 6.57. The average Bonchev–Trinajstić information content (AvgIpc) is 2.69. The lowest BCUT2D eigenvalue weighted by molar-refractivity contribution is 0.567. The van der Waals surface area contributed by atoms with Gasteiger partial charge < -0.3 is 4.42 Å². The summed E-state index contributed by atoms with van der Waals surface area (Å²) in [7, 11) is 0. The van der Waals surface area contributed by atoms with E-state index < -0.39 is 0 Å². The lowest BCUT2D eigenvalue weighted by Crippen LogP contribution is -1.77. The normalized spacial score (nSPS) is 11.1. The van der Waals surface area contributed by atoms with E-state index in [-0.39, 0.29) is 11.6 Å². The molecule has 1 nitrogen and oxygen atoms in total. The molecule has 96 valence electrons. The second-order valence-corrected chi connectivity index (χ2v) is 5.27. The number of aryl methyl sites for hydroxylation is 1. The molecule has 4 heteroatoms. The Hall–Kier alpha value is -1.81. The zero-order valence-corrected chi connectivity index (χ0v) is 10.9. The highest BCUT2D eigenvalue weighted by Crippen LogP contribution is 2.38. The van der Waals surface area contributed by atoms with Gasteiger partial charge in [0.15, 0.2) is 0 Å². The zero-order chi connectivity index (χ0) is 13.4. The van der Waals surface area contributed by atoms with E-state index >= 15 is 0 Å². The smallest absolute Gasteiger partial charge is 0.135 e. The summed E-state index contributed by atoms with van der Waals surface area (Å²) < 4.78 is 31.8. The summed E-state index contributed by atoms with van der Waals surface area (Å²) in [5.41, 5.74) is 0.656. The van der Waals surface area contributed by atoms with Crippen molar-refractivity contribution >= 4 is 22.7 Å². The summed E-state index contributed by atoms with van der Waals surface area (Å²) in [6, 6.07) is 10.6. The van der Waals surface area contributed by atoms with E-state index in [2.05, 4.69) is 0 Å². The van der Waals surface area contributed by atoms with Gasteiger partial charge >= 0.3 is 0 Å². The van der Waals surface area contributed by atoms with Gasteiger partial charge in [-0.3, -0.25) is 0 Å². The molecule has 0 saturated heterocycles. The molecule has 0 amide bonds. The molecule has 19 heavy (non-hydrogen) atoms. The topological polar surface area (TPSA) is 13.1 Å². The summed E-state index contributed by atoms with van der Waals surface area (Å²) in [5, 5.41) is 0.742. The Kier molecular flexibility index (Phi) is 3.03. The van der Waals surface area contributed by atoms with Crippen LogP contribution in [-0.2, 0) is 0 Å². The second kappa shape index (κ2) is 4.70. The molecule has 0 unspecified atom stereocenters. The van der Waals surface area contributed by atoms with Gasteiger partial charge in [0, 0.05) is 10.3 Å². The van der Waals surface area contributed by atoms with Crippen molar-refractivity contribution in [3.05, 3.63) is 59.9 Å². The molecule has 3 aromatic rings. The van der Waals surface area contributed by atoms with Crippen LogP contribution >= 0.6 is 11.8 Å². The van der Waals surface area contributed by atoms with Crippen molar-refractivity contribution in [2.24, 2.45) is 0 Å². The monoisotopic (exact) mass is 276 g/mol. The maximum atomic E-state index is 13.3. The third-order valence-electron chi connectivity index (χ3n) is 2.80. The van der Waals surface area contributed by atoms with Crippen molar-refractivity contribution < 1.29 is 13.2 Å². The Balaban J connectivity index is 2.06. The van der Waals surface area contributed by atoms with Crippen LogP contribution in [0.2, 0.25) is 0 Å². The maximum absolute atomic E-state index is 13.3. The number of rotatable bonds is 2. The number of furan rings is 1. The Labute approximate surface area is 113 Å². The molecule has 1 heterocycles. The third kappa shape index (κ3) is 2.36. The summed E-state index contributed by atoms with van der Waals surface area (Å²) in [4.78, 5) is 1.75. The van der Waals surface area contributed by atoms with Gasteiger partial charge in [-0.05, 0) is 49.4 Å². The van der Waals surface area contributed by atoms with E-state index in [1.165, 1.54) is 36.0 Å². The van der Waals surface area contributed by atoms with Gasteiger partial charge in [-0.25, -0.2) is 8.78 Å². The van der Waals surface area contributed by atoms with E-state index in [1.54, 1.807) is 18.2 Å². The summed E-state index contributed by atoms with van der Waals surface area (Å²) in [5.74, 6) is 0.161. The van der Waals surface area contributed by atoms with Crippen molar-refractivity contribution in [2.75, 3.05) is 0 Å². The predicted octanol–water partition coefficient (Wildman–Crippen LogP) is 5.17. The van der Waals surface area contributed by atoms with Crippen LogP contribution in [-0.4, -0.2) is 0 Å². The minimum Gasteiger partial charge on any atom is -0.460 e. The molecule has 0 aliphatic heterocycles. The Morgan fingerprint density at radius 3 is 2.37 bits per heavy atom. The van der Waals surface area contributed by atoms with Crippen LogP contribution in [0.1, 0.15) is 5.76 Å². The first kappa shape index (κ1) is 12.2. The first-order valence-electron chi connectivity index (χ1n) is 5.75. The molecule has 0 aliphatic carbocycles. The molecule has 0 radical (unpaired) electrons. The standard InChI is InChI=1S/C15H10F2OS/c1-9-15(19-12-5-2-10(16)3-6-12)13-8-11(17)4-7-14(13)18-9/h2-8H,1H3. The largest absolute Gasteiger partial charge is 0.460 e. The van der Waals surface area contributed by atoms with Crippen LogP contribution in [0.15, 0.2) is 56.7 Å². The molecule has 0 N–H and O–H groups in total. The highest BCUT2D eigenvalue weighted by atomic mass is 32.2. The zero-order valence-electron chi connectivity index (χ0n) is 10.1. The molecule has 3 rings (SSSR count). The van der Waals surface area contributed by atoms with E-state index in [9.17, 15) is 8.78 Å². The molecule has 0 bridgehead atoms.